The number of nitrogens with zero attached hydrogens (tertiary/aromatic N) is 2. The van der Waals surface area contributed by atoms with Gasteiger partial charge in [0, 0.05) is 10.5 Å². The molecule has 0 amide bonds. The molecule has 1 aliphatic carbocycles. The van der Waals surface area contributed by atoms with Gasteiger partial charge < -0.3 is 10.3 Å². The van der Waals surface area contributed by atoms with Crippen molar-refractivity contribution in [2.45, 2.75) is 51.1 Å². The van der Waals surface area contributed by atoms with Gasteiger partial charge in [0.25, 0.3) is 0 Å². The van der Waals surface area contributed by atoms with Gasteiger partial charge in [0.2, 0.25) is 0 Å². The van der Waals surface area contributed by atoms with Crippen LogP contribution in [0.1, 0.15) is 56.9 Å². The monoisotopic (exact) mass is 321 g/mol. The van der Waals surface area contributed by atoms with Crippen LogP contribution in [-0.2, 0) is 0 Å². The lowest BCUT2D eigenvalue weighted by atomic mass is 10.1. The van der Waals surface area contributed by atoms with Crippen molar-refractivity contribution >= 4 is 27.0 Å². The maximum absolute atomic E-state index is 6.35. The Labute approximate surface area is 122 Å². The number of aromatic nitrogens is 2. The van der Waals surface area contributed by atoms with Gasteiger partial charge in [-0.1, -0.05) is 35.7 Å². The van der Waals surface area contributed by atoms with Crippen LogP contribution in [0.2, 0.25) is 0 Å². The third kappa shape index (κ3) is 2.56. The minimum atomic E-state index is 0.0618. The van der Waals surface area contributed by atoms with E-state index in [1.807, 2.05) is 0 Å². The van der Waals surface area contributed by atoms with E-state index in [-0.39, 0.29) is 6.04 Å². The summed E-state index contributed by atoms with van der Waals surface area (Å²) >= 11 is 3.52. The summed E-state index contributed by atoms with van der Waals surface area (Å²) in [5.41, 5.74) is 8.64. The Morgan fingerprint density at radius 3 is 2.95 bits per heavy atom. The van der Waals surface area contributed by atoms with Gasteiger partial charge in [-0.05, 0) is 37.5 Å². The molecule has 3 nitrogen and oxygen atoms in total. The quantitative estimate of drug-likeness (QED) is 0.891. The number of imidazole rings is 1. The van der Waals surface area contributed by atoms with E-state index >= 15 is 0 Å². The van der Waals surface area contributed by atoms with Gasteiger partial charge in [-0.25, -0.2) is 4.98 Å². The normalized spacial score (nSPS) is 17.0. The Hall–Kier alpha value is -0.870. The van der Waals surface area contributed by atoms with Gasteiger partial charge in [0.1, 0.15) is 5.82 Å². The van der Waals surface area contributed by atoms with E-state index in [0.29, 0.717) is 6.04 Å². The first-order valence-corrected chi connectivity index (χ1v) is 7.93. The Morgan fingerprint density at radius 2 is 2.26 bits per heavy atom. The van der Waals surface area contributed by atoms with Crippen molar-refractivity contribution in [1.29, 1.82) is 0 Å². The summed E-state index contributed by atoms with van der Waals surface area (Å²) in [4.78, 5) is 4.80. The van der Waals surface area contributed by atoms with Crippen LogP contribution in [0.3, 0.4) is 0 Å². The summed E-state index contributed by atoms with van der Waals surface area (Å²) in [6.07, 6.45) is 5.89. The first kappa shape index (κ1) is 13.1. The molecule has 0 saturated heterocycles. The number of hydrogen-bond donors (Lipinski definition) is 1. The zero-order valence-corrected chi connectivity index (χ0v) is 12.9. The predicted molar refractivity (Wildman–Crippen MR) is 82.2 cm³/mol. The Morgan fingerprint density at radius 1 is 1.47 bits per heavy atom. The van der Waals surface area contributed by atoms with Gasteiger partial charge in [-0.2, -0.15) is 0 Å². The molecule has 0 bridgehead atoms. The van der Waals surface area contributed by atoms with Crippen molar-refractivity contribution in [3.8, 4) is 0 Å². The van der Waals surface area contributed by atoms with Crippen LogP contribution in [-0.4, -0.2) is 9.55 Å². The van der Waals surface area contributed by atoms with Gasteiger partial charge >= 0.3 is 0 Å². The molecule has 1 aromatic heterocycles. The summed E-state index contributed by atoms with van der Waals surface area (Å²) in [7, 11) is 0. The molecule has 0 spiro atoms. The van der Waals surface area contributed by atoms with Crippen LogP contribution in [0.25, 0.3) is 11.0 Å². The number of benzene rings is 1. The van der Waals surface area contributed by atoms with Gasteiger partial charge in [-0.15, -0.1) is 0 Å². The molecule has 1 heterocycles. The number of fused-ring (bicyclic) bond motifs is 1. The molecule has 3 rings (SSSR count). The van der Waals surface area contributed by atoms with E-state index in [2.05, 4.69) is 45.6 Å². The van der Waals surface area contributed by atoms with Crippen LogP contribution < -0.4 is 5.73 Å². The summed E-state index contributed by atoms with van der Waals surface area (Å²) in [6, 6.07) is 7.01. The lowest BCUT2D eigenvalue weighted by molar-refractivity contribution is 0.543. The zero-order chi connectivity index (χ0) is 13.4. The molecule has 102 valence electrons. The van der Waals surface area contributed by atoms with E-state index in [1.165, 1.54) is 31.2 Å². The highest BCUT2D eigenvalue weighted by Gasteiger charge is 2.29. The highest BCUT2D eigenvalue weighted by molar-refractivity contribution is 9.10. The minimum absolute atomic E-state index is 0.0618. The van der Waals surface area contributed by atoms with Crippen molar-refractivity contribution in [2.24, 2.45) is 5.73 Å². The van der Waals surface area contributed by atoms with Crippen LogP contribution >= 0.6 is 15.9 Å². The van der Waals surface area contributed by atoms with Gasteiger partial charge in [-0.3, -0.25) is 0 Å². The summed E-state index contributed by atoms with van der Waals surface area (Å²) in [5, 5.41) is 0. The molecule has 1 atom stereocenters. The lowest BCUT2D eigenvalue weighted by Crippen LogP contribution is -2.16. The Kier molecular flexibility index (Phi) is 3.63. The Bertz CT molecular complexity index is 586. The summed E-state index contributed by atoms with van der Waals surface area (Å²) in [5.74, 6) is 1.07. The molecule has 1 unspecified atom stereocenters. The SMILES string of the molecule is CCCCC(N)c1nc2cc(Br)ccc2n1C1CC1. The van der Waals surface area contributed by atoms with Gasteiger partial charge in [0.05, 0.1) is 17.1 Å². The minimum Gasteiger partial charge on any atom is -0.324 e. The topological polar surface area (TPSA) is 43.8 Å². The molecule has 1 aliphatic rings. The van der Waals surface area contributed by atoms with E-state index in [0.717, 1.165) is 22.2 Å². The molecular weight excluding hydrogens is 302 g/mol. The number of unbranched alkanes of at least 4 members (excludes halogenated alkanes) is 1. The number of rotatable bonds is 5. The molecule has 0 aliphatic heterocycles. The molecule has 2 aromatic rings. The van der Waals surface area contributed by atoms with Crippen LogP contribution in [0.5, 0.6) is 0 Å². The molecule has 1 saturated carbocycles. The second kappa shape index (κ2) is 5.25. The van der Waals surface area contributed by atoms with Crippen molar-refractivity contribution in [3.63, 3.8) is 0 Å². The van der Waals surface area contributed by atoms with Gasteiger partial charge in [0.15, 0.2) is 0 Å². The summed E-state index contributed by atoms with van der Waals surface area (Å²) in [6.45, 7) is 2.20. The maximum atomic E-state index is 6.35. The number of nitrogens with two attached hydrogens (primary N) is 1. The third-order valence-corrected chi connectivity index (χ3v) is 4.28. The molecule has 19 heavy (non-hydrogen) atoms. The first-order valence-electron chi connectivity index (χ1n) is 7.13. The third-order valence-electron chi connectivity index (χ3n) is 3.79. The fourth-order valence-electron chi connectivity index (χ4n) is 2.62. The molecular formula is C15H20BrN3. The zero-order valence-electron chi connectivity index (χ0n) is 11.3. The van der Waals surface area contributed by atoms with Crippen LogP contribution in [0, 0.1) is 0 Å². The van der Waals surface area contributed by atoms with E-state index in [1.54, 1.807) is 0 Å². The fraction of sp³-hybridized carbons (Fsp3) is 0.533. The first-order chi connectivity index (χ1) is 9.20. The average Bonchev–Trinajstić information content (AvgIpc) is 3.16. The smallest absolute Gasteiger partial charge is 0.127 e. The number of hydrogen-bond acceptors (Lipinski definition) is 2. The predicted octanol–water partition coefficient (Wildman–Crippen LogP) is 4.32. The second-order valence-electron chi connectivity index (χ2n) is 5.45. The summed E-state index contributed by atoms with van der Waals surface area (Å²) < 4.78 is 3.45. The average molecular weight is 322 g/mol. The van der Waals surface area contributed by atoms with Crippen molar-refractivity contribution < 1.29 is 0 Å². The molecule has 1 aromatic carbocycles. The van der Waals surface area contributed by atoms with Crippen molar-refractivity contribution in [1.82, 2.24) is 9.55 Å². The highest BCUT2D eigenvalue weighted by atomic mass is 79.9. The van der Waals surface area contributed by atoms with Crippen LogP contribution in [0.4, 0.5) is 0 Å². The van der Waals surface area contributed by atoms with E-state index < -0.39 is 0 Å². The molecule has 2 N–H and O–H groups in total. The highest BCUT2D eigenvalue weighted by Crippen LogP contribution is 2.40. The molecule has 4 heteroatoms. The van der Waals surface area contributed by atoms with E-state index in [4.69, 9.17) is 10.7 Å². The fourth-order valence-corrected chi connectivity index (χ4v) is 2.97. The van der Waals surface area contributed by atoms with Crippen molar-refractivity contribution in [3.05, 3.63) is 28.5 Å². The Balaban J connectivity index is 2.04. The van der Waals surface area contributed by atoms with Crippen LogP contribution in [0.15, 0.2) is 22.7 Å². The maximum Gasteiger partial charge on any atom is 0.127 e. The number of halogens is 1. The standard InChI is InChI=1S/C15H20BrN3/c1-2-3-4-12(17)15-18-13-9-10(16)5-8-14(13)19(15)11-6-7-11/h5,8-9,11-12H,2-4,6-7,17H2,1H3. The van der Waals surface area contributed by atoms with E-state index in [9.17, 15) is 0 Å². The largest absolute Gasteiger partial charge is 0.324 e. The second-order valence-corrected chi connectivity index (χ2v) is 6.37. The lowest BCUT2D eigenvalue weighted by Gasteiger charge is -2.13. The van der Waals surface area contributed by atoms with Crippen molar-refractivity contribution in [2.75, 3.05) is 0 Å². The molecule has 1 fully saturated rings. The molecule has 0 radical (unpaired) electrons.